The van der Waals surface area contributed by atoms with Gasteiger partial charge in [-0.3, -0.25) is 0 Å². The van der Waals surface area contributed by atoms with Gasteiger partial charge in [-0.15, -0.1) is 0 Å². The first-order valence-corrected chi connectivity index (χ1v) is 6.26. The van der Waals surface area contributed by atoms with Crippen LogP contribution in [0.1, 0.15) is 19.3 Å². The second-order valence-corrected chi connectivity index (χ2v) is 5.02. The van der Waals surface area contributed by atoms with Crippen molar-refractivity contribution in [2.75, 3.05) is 47.4 Å². The third kappa shape index (κ3) is 4.78. The summed E-state index contributed by atoms with van der Waals surface area (Å²) in [7, 11) is 6.12. The van der Waals surface area contributed by atoms with Gasteiger partial charge in [-0.25, -0.2) is 0 Å². The zero-order valence-corrected chi connectivity index (χ0v) is 11.0. The summed E-state index contributed by atoms with van der Waals surface area (Å²) in [6.45, 7) is 4.17. The predicted molar refractivity (Wildman–Crippen MR) is 67.6 cm³/mol. The molecule has 0 aliphatic carbocycles. The van der Waals surface area contributed by atoms with Crippen LogP contribution >= 0.6 is 0 Å². The molecular weight excluding hydrogens is 202 g/mol. The molecule has 1 atom stereocenters. The van der Waals surface area contributed by atoms with Crippen LogP contribution in [0.4, 0.5) is 0 Å². The van der Waals surface area contributed by atoms with E-state index in [1.165, 1.54) is 25.9 Å². The number of likely N-dealkylation sites (N-methyl/N-ethyl adjacent to an activating group) is 1. The van der Waals surface area contributed by atoms with Crippen LogP contribution in [0, 0.1) is 0 Å². The molecule has 1 unspecified atom stereocenters. The minimum atomic E-state index is 0.240. The lowest BCUT2D eigenvalue weighted by Gasteiger charge is -2.36. The van der Waals surface area contributed by atoms with E-state index in [4.69, 9.17) is 10.5 Å². The first-order valence-electron chi connectivity index (χ1n) is 6.26. The Morgan fingerprint density at radius 1 is 1.44 bits per heavy atom. The van der Waals surface area contributed by atoms with E-state index in [2.05, 4.69) is 23.9 Å². The van der Waals surface area contributed by atoms with Gasteiger partial charge >= 0.3 is 0 Å². The van der Waals surface area contributed by atoms with E-state index in [1.807, 2.05) is 0 Å². The highest BCUT2D eigenvalue weighted by Crippen LogP contribution is 2.14. The zero-order valence-electron chi connectivity index (χ0n) is 11.0. The van der Waals surface area contributed by atoms with Gasteiger partial charge in [0.2, 0.25) is 0 Å². The number of nitrogens with zero attached hydrogens (tertiary/aromatic N) is 2. The maximum Gasteiger partial charge on any atom is 0.0477 e. The van der Waals surface area contributed by atoms with E-state index in [1.54, 1.807) is 7.11 Å². The molecule has 1 aliphatic rings. The maximum absolute atomic E-state index is 6.06. The molecule has 0 aromatic carbocycles. The minimum Gasteiger partial charge on any atom is -0.385 e. The summed E-state index contributed by atoms with van der Waals surface area (Å²) in [6.07, 6.45) is 3.49. The third-order valence-electron chi connectivity index (χ3n) is 3.53. The molecule has 0 aromatic heterocycles. The molecular formula is C12H27N3O. The molecule has 0 saturated carbocycles. The van der Waals surface area contributed by atoms with Gasteiger partial charge in [0.25, 0.3) is 0 Å². The molecule has 96 valence electrons. The van der Waals surface area contributed by atoms with Gasteiger partial charge in [-0.2, -0.15) is 0 Å². The average Bonchev–Trinajstić information content (AvgIpc) is 2.27. The van der Waals surface area contributed by atoms with Crippen molar-refractivity contribution in [1.82, 2.24) is 9.80 Å². The molecule has 2 N–H and O–H groups in total. The second-order valence-electron chi connectivity index (χ2n) is 5.02. The Kier molecular flexibility index (Phi) is 6.28. The third-order valence-corrected chi connectivity index (χ3v) is 3.53. The monoisotopic (exact) mass is 229 g/mol. The average molecular weight is 229 g/mol. The van der Waals surface area contributed by atoms with Crippen molar-refractivity contribution in [3.63, 3.8) is 0 Å². The van der Waals surface area contributed by atoms with E-state index in [0.29, 0.717) is 6.04 Å². The minimum absolute atomic E-state index is 0.240. The van der Waals surface area contributed by atoms with Crippen LogP contribution in [0.25, 0.3) is 0 Å². The molecule has 4 nitrogen and oxygen atoms in total. The van der Waals surface area contributed by atoms with Gasteiger partial charge in [0.15, 0.2) is 0 Å². The maximum atomic E-state index is 6.06. The number of likely N-dealkylation sites (tertiary alicyclic amines) is 1. The van der Waals surface area contributed by atoms with Crippen molar-refractivity contribution in [2.45, 2.75) is 31.3 Å². The highest BCUT2D eigenvalue weighted by molar-refractivity contribution is 4.79. The highest BCUT2D eigenvalue weighted by Gasteiger charge is 2.21. The van der Waals surface area contributed by atoms with Crippen LogP contribution in [0.3, 0.4) is 0 Å². The van der Waals surface area contributed by atoms with Crippen molar-refractivity contribution >= 4 is 0 Å². The number of piperidine rings is 1. The van der Waals surface area contributed by atoms with Gasteiger partial charge in [0.05, 0.1) is 0 Å². The van der Waals surface area contributed by atoms with Crippen LogP contribution in [-0.4, -0.2) is 69.3 Å². The van der Waals surface area contributed by atoms with Crippen molar-refractivity contribution in [1.29, 1.82) is 0 Å². The number of nitrogens with two attached hydrogens (primary N) is 1. The fourth-order valence-corrected chi connectivity index (χ4v) is 2.32. The molecule has 1 rings (SSSR count). The number of methoxy groups -OCH3 is 1. The fourth-order valence-electron chi connectivity index (χ4n) is 2.32. The van der Waals surface area contributed by atoms with E-state index >= 15 is 0 Å². The van der Waals surface area contributed by atoms with Gasteiger partial charge in [-0.1, -0.05) is 0 Å². The van der Waals surface area contributed by atoms with Crippen LogP contribution in [0.2, 0.25) is 0 Å². The smallest absolute Gasteiger partial charge is 0.0477 e. The van der Waals surface area contributed by atoms with E-state index in [9.17, 15) is 0 Å². The second kappa shape index (κ2) is 7.22. The van der Waals surface area contributed by atoms with Crippen LogP contribution in [-0.2, 0) is 4.74 Å². The van der Waals surface area contributed by atoms with Crippen LogP contribution in [0.5, 0.6) is 0 Å². The largest absolute Gasteiger partial charge is 0.385 e. The molecule has 1 fully saturated rings. The highest BCUT2D eigenvalue weighted by atomic mass is 16.5. The molecule has 0 radical (unpaired) electrons. The Morgan fingerprint density at radius 3 is 2.62 bits per heavy atom. The summed E-state index contributed by atoms with van der Waals surface area (Å²) in [6, 6.07) is 0.953. The molecule has 0 bridgehead atoms. The first-order chi connectivity index (χ1) is 7.63. The summed E-state index contributed by atoms with van der Waals surface area (Å²) in [5.74, 6) is 0. The molecule has 0 amide bonds. The standard InChI is InChI=1S/C12H27N3O/c1-14-7-4-12(5-8-14)15(2)10-11(13)6-9-16-3/h11-12H,4-10,13H2,1-3H3. The van der Waals surface area contributed by atoms with E-state index < -0.39 is 0 Å². The fraction of sp³-hybridized carbons (Fsp3) is 1.00. The topological polar surface area (TPSA) is 41.7 Å². The lowest BCUT2D eigenvalue weighted by molar-refractivity contribution is 0.129. The molecule has 1 saturated heterocycles. The van der Waals surface area contributed by atoms with Gasteiger partial charge in [-0.05, 0) is 46.4 Å². The Labute approximate surface area is 99.7 Å². The van der Waals surface area contributed by atoms with Crippen molar-refractivity contribution in [2.24, 2.45) is 5.73 Å². The summed E-state index contributed by atoms with van der Waals surface area (Å²) in [5.41, 5.74) is 6.06. The zero-order chi connectivity index (χ0) is 12.0. The van der Waals surface area contributed by atoms with Crippen molar-refractivity contribution in [3.05, 3.63) is 0 Å². The number of ether oxygens (including phenoxy) is 1. The SMILES string of the molecule is COCCC(N)CN(C)C1CCN(C)CC1. The van der Waals surface area contributed by atoms with Crippen molar-refractivity contribution in [3.8, 4) is 0 Å². The number of hydrogen-bond donors (Lipinski definition) is 1. The quantitative estimate of drug-likeness (QED) is 0.715. The van der Waals surface area contributed by atoms with Crippen molar-refractivity contribution < 1.29 is 4.74 Å². The summed E-state index contributed by atoms with van der Waals surface area (Å²) in [5, 5.41) is 0. The summed E-state index contributed by atoms with van der Waals surface area (Å²) < 4.78 is 5.05. The lowest BCUT2D eigenvalue weighted by atomic mass is 10.0. The van der Waals surface area contributed by atoms with Gasteiger partial charge < -0.3 is 20.3 Å². The Hall–Kier alpha value is -0.160. The number of rotatable bonds is 6. The number of hydrogen-bond acceptors (Lipinski definition) is 4. The van der Waals surface area contributed by atoms with Crippen LogP contribution < -0.4 is 5.73 Å². The molecule has 1 heterocycles. The Balaban J connectivity index is 2.20. The van der Waals surface area contributed by atoms with E-state index in [0.717, 1.165) is 19.6 Å². The van der Waals surface area contributed by atoms with Gasteiger partial charge in [0.1, 0.15) is 0 Å². The normalized spacial score (nSPS) is 21.6. The van der Waals surface area contributed by atoms with E-state index in [-0.39, 0.29) is 6.04 Å². The van der Waals surface area contributed by atoms with Crippen LogP contribution in [0.15, 0.2) is 0 Å². The predicted octanol–water partition coefficient (Wildman–Crippen LogP) is 0.376. The molecule has 0 spiro atoms. The Bertz CT molecular complexity index is 181. The Morgan fingerprint density at radius 2 is 2.06 bits per heavy atom. The molecule has 16 heavy (non-hydrogen) atoms. The first kappa shape index (κ1) is 13.9. The lowest BCUT2D eigenvalue weighted by Crippen LogP contribution is -2.46. The molecule has 1 aliphatic heterocycles. The molecule has 0 aromatic rings. The summed E-state index contributed by atoms with van der Waals surface area (Å²) >= 11 is 0. The molecule has 4 heteroatoms. The summed E-state index contributed by atoms with van der Waals surface area (Å²) in [4.78, 5) is 4.82. The van der Waals surface area contributed by atoms with Gasteiger partial charge in [0, 0.05) is 32.3 Å².